The fourth-order valence-corrected chi connectivity index (χ4v) is 3.56. The van der Waals surface area contributed by atoms with Crippen molar-refractivity contribution in [3.63, 3.8) is 0 Å². The molecule has 0 aliphatic carbocycles. The van der Waals surface area contributed by atoms with Gasteiger partial charge in [-0.3, -0.25) is 9.59 Å². The number of halogens is 2. The van der Waals surface area contributed by atoms with E-state index in [1.807, 2.05) is 13.8 Å². The van der Waals surface area contributed by atoms with Crippen molar-refractivity contribution < 1.29 is 19.1 Å². The zero-order valence-electron chi connectivity index (χ0n) is 13.3. The summed E-state index contributed by atoms with van der Waals surface area (Å²) in [5, 5.41) is 9.15. The van der Waals surface area contributed by atoms with E-state index in [-0.39, 0.29) is 29.5 Å². The van der Waals surface area contributed by atoms with E-state index in [4.69, 9.17) is 5.11 Å². The number of hydrogen-bond donors (Lipinski definition) is 1. The number of carboxylic acids is 1. The van der Waals surface area contributed by atoms with E-state index in [1.54, 1.807) is 17.0 Å². The smallest absolute Gasteiger partial charge is 0.306 e. The Hall–Kier alpha value is -1.43. The first-order valence-corrected chi connectivity index (χ1v) is 8.54. The average molecular weight is 386 g/mol. The van der Waals surface area contributed by atoms with Crippen molar-refractivity contribution in [3.8, 4) is 0 Å². The predicted octanol–water partition coefficient (Wildman–Crippen LogP) is 3.34. The second kappa shape index (κ2) is 7.43. The van der Waals surface area contributed by atoms with Gasteiger partial charge in [-0.05, 0) is 52.4 Å². The first-order valence-electron chi connectivity index (χ1n) is 7.75. The first kappa shape index (κ1) is 17.9. The lowest BCUT2D eigenvalue weighted by atomic mass is 9.86. The van der Waals surface area contributed by atoms with Crippen molar-refractivity contribution in [3.05, 3.63) is 34.1 Å². The van der Waals surface area contributed by atoms with Gasteiger partial charge in [0.05, 0.1) is 10.4 Å². The largest absolute Gasteiger partial charge is 0.481 e. The van der Waals surface area contributed by atoms with Gasteiger partial charge in [0.25, 0.3) is 0 Å². The van der Waals surface area contributed by atoms with E-state index in [1.165, 1.54) is 6.07 Å². The molecule has 23 heavy (non-hydrogen) atoms. The molecular weight excluding hydrogens is 365 g/mol. The molecule has 1 heterocycles. The lowest BCUT2D eigenvalue weighted by molar-refractivity contribution is -0.149. The standard InChI is InChI=1S/C17H21BrFNO3/c1-10(7-12-3-4-15(19)14(18)8-12)16(21)20-6-5-13(17(22)23)11(2)9-20/h3-4,8,10-11,13H,5-7,9H2,1-2H3,(H,22,23). The normalized spacial score (nSPS) is 22.7. The van der Waals surface area contributed by atoms with E-state index >= 15 is 0 Å². The van der Waals surface area contributed by atoms with Crippen LogP contribution in [0.25, 0.3) is 0 Å². The Labute approximate surface area is 143 Å². The van der Waals surface area contributed by atoms with Crippen LogP contribution in [0.4, 0.5) is 4.39 Å². The van der Waals surface area contributed by atoms with Crippen molar-refractivity contribution in [2.75, 3.05) is 13.1 Å². The number of hydrogen-bond acceptors (Lipinski definition) is 2. The van der Waals surface area contributed by atoms with Gasteiger partial charge in [0.1, 0.15) is 5.82 Å². The number of aliphatic carboxylic acids is 1. The molecule has 0 saturated carbocycles. The van der Waals surface area contributed by atoms with Crippen molar-refractivity contribution in [2.45, 2.75) is 26.7 Å². The quantitative estimate of drug-likeness (QED) is 0.864. The molecular formula is C17H21BrFNO3. The van der Waals surface area contributed by atoms with Gasteiger partial charge in [0.2, 0.25) is 5.91 Å². The van der Waals surface area contributed by atoms with E-state index in [9.17, 15) is 14.0 Å². The molecule has 1 aromatic rings. The highest BCUT2D eigenvalue weighted by Gasteiger charge is 2.34. The molecule has 1 fully saturated rings. The Morgan fingerprint density at radius 1 is 1.48 bits per heavy atom. The monoisotopic (exact) mass is 385 g/mol. The molecule has 2 rings (SSSR count). The third-order valence-corrected chi connectivity index (χ3v) is 5.09. The van der Waals surface area contributed by atoms with E-state index in [0.717, 1.165) is 5.56 Å². The number of carbonyl (C=O) groups excluding carboxylic acids is 1. The number of nitrogens with zero attached hydrogens (tertiary/aromatic N) is 1. The van der Waals surface area contributed by atoms with Gasteiger partial charge in [-0.25, -0.2) is 4.39 Å². The van der Waals surface area contributed by atoms with Gasteiger partial charge in [0, 0.05) is 19.0 Å². The van der Waals surface area contributed by atoms with E-state index in [2.05, 4.69) is 15.9 Å². The molecule has 3 atom stereocenters. The fraction of sp³-hybridized carbons (Fsp3) is 0.529. The molecule has 1 aliphatic heterocycles. The molecule has 0 spiro atoms. The zero-order chi connectivity index (χ0) is 17.1. The first-order chi connectivity index (χ1) is 10.8. The van der Waals surface area contributed by atoms with Crippen molar-refractivity contribution in [1.29, 1.82) is 0 Å². The average Bonchev–Trinajstić information content (AvgIpc) is 2.49. The maximum atomic E-state index is 13.3. The number of rotatable bonds is 4. The summed E-state index contributed by atoms with van der Waals surface area (Å²) >= 11 is 3.15. The fourth-order valence-electron chi connectivity index (χ4n) is 3.13. The molecule has 1 saturated heterocycles. The van der Waals surface area contributed by atoms with Gasteiger partial charge in [-0.15, -0.1) is 0 Å². The van der Waals surface area contributed by atoms with E-state index in [0.29, 0.717) is 30.4 Å². The Morgan fingerprint density at radius 2 is 2.17 bits per heavy atom. The minimum atomic E-state index is -0.784. The number of amides is 1. The van der Waals surface area contributed by atoms with Gasteiger partial charge < -0.3 is 10.0 Å². The van der Waals surface area contributed by atoms with Crippen molar-refractivity contribution in [1.82, 2.24) is 4.90 Å². The minimum Gasteiger partial charge on any atom is -0.481 e. The van der Waals surface area contributed by atoms with Crippen LogP contribution in [0.3, 0.4) is 0 Å². The predicted molar refractivity (Wildman–Crippen MR) is 88.5 cm³/mol. The summed E-state index contributed by atoms with van der Waals surface area (Å²) in [7, 11) is 0. The van der Waals surface area contributed by atoms with Crippen LogP contribution in [0, 0.1) is 23.6 Å². The zero-order valence-corrected chi connectivity index (χ0v) is 14.8. The summed E-state index contributed by atoms with van der Waals surface area (Å²) in [5.74, 6) is -1.71. The van der Waals surface area contributed by atoms with Crippen molar-refractivity contribution in [2.24, 2.45) is 17.8 Å². The molecule has 0 bridgehead atoms. The van der Waals surface area contributed by atoms with Gasteiger partial charge in [-0.2, -0.15) is 0 Å². The van der Waals surface area contributed by atoms with Crippen LogP contribution in [-0.2, 0) is 16.0 Å². The highest BCUT2D eigenvalue weighted by molar-refractivity contribution is 9.10. The van der Waals surface area contributed by atoms with Gasteiger partial charge in [-0.1, -0.05) is 19.9 Å². The summed E-state index contributed by atoms with van der Waals surface area (Å²) in [6.07, 6.45) is 1.03. The van der Waals surface area contributed by atoms with Crippen LogP contribution in [0.15, 0.2) is 22.7 Å². The van der Waals surface area contributed by atoms with Crippen molar-refractivity contribution >= 4 is 27.8 Å². The number of piperidine rings is 1. The Kier molecular flexibility index (Phi) is 5.79. The number of carbonyl (C=O) groups is 2. The van der Waals surface area contributed by atoms with Crippen LogP contribution in [0.2, 0.25) is 0 Å². The Morgan fingerprint density at radius 3 is 2.74 bits per heavy atom. The van der Waals surface area contributed by atoms with Crippen LogP contribution in [0.5, 0.6) is 0 Å². The third-order valence-electron chi connectivity index (χ3n) is 4.48. The van der Waals surface area contributed by atoms with Gasteiger partial charge >= 0.3 is 5.97 Å². The lowest BCUT2D eigenvalue weighted by Gasteiger charge is -2.36. The van der Waals surface area contributed by atoms with Crippen LogP contribution < -0.4 is 0 Å². The van der Waals surface area contributed by atoms with Crippen LogP contribution in [0.1, 0.15) is 25.8 Å². The summed E-state index contributed by atoms with van der Waals surface area (Å²) in [5.41, 5.74) is 0.896. The maximum absolute atomic E-state index is 13.3. The summed E-state index contributed by atoms with van der Waals surface area (Å²) < 4.78 is 13.7. The highest BCUT2D eigenvalue weighted by Crippen LogP contribution is 2.26. The molecule has 1 N–H and O–H groups in total. The van der Waals surface area contributed by atoms with Crippen LogP contribution >= 0.6 is 15.9 Å². The third kappa shape index (κ3) is 4.31. The van der Waals surface area contributed by atoms with E-state index < -0.39 is 5.97 Å². The number of likely N-dealkylation sites (tertiary alicyclic amines) is 1. The Bertz CT molecular complexity index is 608. The van der Waals surface area contributed by atoms with Gasteiger partial charge in [0.15, 0.2) is 0 Å². The molecule has 6 heteroatoms. The maximum Gasteiger partial charge on any atom is 0.306 e. The topological polar surface area (TPSA) is 57.6 Å². The number of carboxylic acid groups (broad SMARTS) is 1. The second-order valence-electron chi connectivity index (χ2n) is 6.35. The molecule has 1 aromatic carbocycles. The molecule has 3 unspecified atom stereocenters. The Balaban J connectivity index is 1.97. The molecule has 1 aliphatic rings. The summed E-state index contributed by atoms with van der Waals surface area (Å²) in [6, 6.07) is 4.76. The highest BCUT2D eigenvalue weighted by atomic mass is 79.9. The van der Waals surface area contributed by atoms with Crippen LogP contribution in [-0.4, -0.2) is 35.0 Å². The lowest BCUT2D eigenvalue weighted by Crippen LogP contribution is -2.47. The molecule has 4 nitrogen and oxygen atoms in total. The molecule has 0 radical (unpaired) electrons. The molecule has 126 valence electrons. The number of benzene rings is 1. The summed E-state index contributed by atoms with van der Waals surface area (Å²) in [6.45, 7) is 4.69. The SMILES string of the molecule is CC(Cc1ccc(F)c(Br)c1)C(=O)N1CCC(C(=O)O)C(C)C1. The molecule has 1 amide bonds. The summed E-state index contributed by atoms with van der Waals surface area (Å²) in [4.78, 5) is 25.5. The molecule has 0 aromatic heterocycles. The second-order valence-corrected chi connectivity index (χ2v) is 7.20. The minimum absolute atomic E-state index is 0.0288.